The van der Waals surface area contributed by atoms with E-state index in [4.69, 9.17) is 56.2 Å². The number of anilines is 1. The average Bonchev–Trinajstić information content (AvgIpc) is 3.44. The summed E-state index contributed by atoms with van der Waals surface area (Å²) in [4.78, 5) is 6.54. The lowest BCUT2D eigenvalue weighted by molar-refractivity contribution is 0.415. The van der Waals surface area contributed by atoms with Gasteiger partial charge in [-0.25, -0.2) is 0 Å². The molecule has 2 atom stereocenters. The number of hydrogen-bond donors (Lipinski definition) is 1. The quantitative estimate of drug-likeness (QED) is 0.270. The largest absolute Gasteiger partial charge is 0.495 e. The molecular weight excluding hydrogens is 513 g/mol. The summed E-state index contributed by atoms with van der Waals surface area (Å²) in [5.41, 5.74) is 2.38. The Bertz CT molecular complexity index is 1360. The molecule has 1 saturated heterocycles. The zero-order valence-electron chi connectivity index (χ0n) is 17.8. The van der Waals surface area contributed by atoms with Crippen molar-refractivity contribution in [3.8, 4) is 17.1 Å². The van der Waals surface area contributed by atoms with Gasteiger partial charge in [-0.2, -0.15) is 0 Å². The van der Waals surface area contributed by atoms with E-state index in [-0.39, 0.29) is 12.1 Å². The molecule has 0 saturated carbocycles. The third-order valence-electron chi connectivity index (χ3n) is 5.63. The monoisotopic (exact) mass is 529 g/mol. The second kappa shape index (κ2) is 9.47. The molecule has 5 rings (SSSR count). The molecule has 9 heteroatoms. The van der Waals surface area contributed by atoms with Crippen molar-refractivity contribution in [1.29, 1.82) is 0 Å². The second-order valence-electron chi connectivity index (χ2n) is 7.64. The number of aromatic nitrogens is 1. The Hall–Kier alpha value is -2.77. The molecule has 0 amide bonds. The Morgan fingerprint density at radius 3 is 2.56 bits per heavy atom. The van der Waals surface area contributed by atoms with E-state index in [0.29, 0.717) is 37.5 Å². The molecule has 172 valence electrons. The van der Waals surface area contributed by atoms with Gasteiger partial charge in [0.05, 0.1) is 28.9 Å². The molecule has 0 radical (unpaired) electrons. The van der Waals surface area contributed by atoms with Crippen LogP contribution in [0.1, 0.15) is 23.5 Å². The van der Waals surface area contributed by atoms with Gasteiger partial charge < -0.3 is 19.4 Å². The van der Waals surface area contributed by atoms with Crippen molar-refractivity contribution in [2.24, 2.45) is 0 Å². The van der Waals surface area contributed by atoms with Gasteiger partial charge in [0.2, 0.25) is 0 Å². The van der Waals surface area contributed by atoms with Crippen LogP contribution in [0.5, 0.6) is 5.75 Å². The van der Waals surface area contributed by atoms with Gasteiger partial charge >= 0.3 is 0 Å². The number of furan rings is 1. The van der Waals surface area contributed by atoms with Crippen LogP contribution in [0.15, 0.2) is 77.3 Å². The number of halogens is 3. The van der Waals surface area contributed by atoms with Crippen LogP contribution < -0.4 is 15.0 Å². The Kier molecular flexibility index (Phi) is 6.40. The lowest BCUT2D eigenvalue weighted by Gasteiger charge is -2.26. The van der Waals surface area contributed by atoms with E-state index in [2.05, 4.69) is 10.3 Å². The third-order valence-corrected chi connectivity index (χ3v) is 6.78. The van der Waals surface area contributed by atoms with E-state index < -0.39 is 0 Å². The molecule has 0 aliphatic carbocycles. The smallest absolute Gasteiger partial charge is 0.174 e. The molecule has 1 fully saturated rings. The SMILES string of the molecule is COc1ccc(N2C(=S)N[C@@H](c3ccccn3)[C@H]2c2ccc(-c3ccc(Cl)cc3Cl)o2)cc1Cl. The number of rotatable bonds is 5. The number of nitrogens with zero attached hydrogens (tertiary/aromatic N) is 2. The van der Waals surface area contributed by atoms with Gasteiger partial charge in [0.1, 0.15) is 23.3 Å². The van der Waals surface area contributed by atoms with Crippen LogP contribution in [0, 0.1) is 0 Å². The molecular formula is C25H18Cl3N3O2S. The van der Waals surface area contributed by atoms with Gasteiger partial charge in [-0.1, -0.05) is 40.9 Å². The highest BCUT2D eigenvalue weighted by molar-refractivity contribution is 7.80. The van der Waals surface area contributed by atoms with Gasteiger partial charge in [-0.05, 0) is 72.9 Å². The minimum atomic E-state index is -0.327. The highest BCUT2D eigenvalue weighted by Gasteiger charge is 2.42. The van der Waals surface area contributed by atoms with Crippen LogP contribution in [0.3, 0.4) is 0 Å². The first-order chi connectivity index (χ1) is 16.5. The zero-order chi connectivity index (χ0) is 23.8. The molecule has 0 spiro atoms. The number of methoxy groups -OCH3 is 1. The van der Waals surface area contributed by atoms with E-state index in [1.54, 1.807) is 25.4 Å². The molecule has 1 aliphatic rings. The van der Waals surface area contributed by atoms with Crippen molar-refractivity contribution in [2.75, 3.05) is 12.0 Å². The van der Waals surface area contributed by atoms with E-state index in [1.165, 1.54) is 0 Å². The standard InChI is InChI=1S/C25H18Cl3N3O2S/c1-32-21-8-6-15(13-18(21)28)31-24(23(30-25(31)34)19-4-2-3-11-29-19)22-10-9-20(33-22)16-7-5-14(26)12-17(16)27/h2-13,23-24H,1H3,(H,30,34)/t23-,24+/m0/s1. The van der Waals surface area contributed by atoms with Crippen LogP contribution >= 0.6 is 47.0 Å². The van der Waals surface area contributed by atoms with Crippen molar-refractivity contribution in [1.82, 2.24) is 10.3 Å². The summed E-state index contributed by atoms with van der Waals surface area (Å²) < 4.78 is 11.7. The maximum atomic E-state index is 6.44. The summed E-state index contributed by atoms with van der Waals surface area (Å²) in [7, 11) is 1.58. The van der Waals surface area contributed by atoms with E-state index >= 15 is 0 Å². The van der Waals surface area contributed by atoms with Gasteiger partial charge in [-0.3, -0.25) is 4.98 Å². The second-order valence-corrected chi connectivity index (χ2v) is 9.28. The van der Waals surface area contributed by atoms with Crippen LogP contribution in [-0.4, -0.2) is 17.2 Å². The van der Waals surface area contributed by atoms with Crippen molar-refractivity contribution in [3.05, 3.63) is 99.4 Å². The molecule has 1 aliphatic heterocycles. The summed E-state index contributed by atoms with van der Waals surface area (Å²) in [5.74, 6) is 1.90. The van der Waals surface area contributed by atoms with E-state index in [9.17, 15) is 0 Å². The molecule has 5 nitrogen and oxygen atoms in total. The fourth-order valence-corrected chi connectivity index (χ4v) is 5.17. The first kappa shape index (κ1) is 23.0. The fraction of sp³-hybridized carbons (Fsp3) is 0.120. The van der Waals surface area contributed by atoms with Crippen LogP contribution in [0.2, 0.25) is 15.1 Å². The number of ether oxygens (including phenoxy) is 1. The van der Waals surface area contributed by atoms with Crippen LogP contribution in [-0.2, 0) is 0 Å². The summed E-state index contributed by atoms with van der Waals surface area (Å²) in [6.45, 7) is 0. The van der Waals surface area contributed by atoms with Gasteiger partial charge in [0.25, 0.3) is 0 Å². The lowest BCUT2D eigenvalue weighted by atomic mass is 10.0. The molecule has 3 heterocycles. The normalized spacial score (nSPS) is 17.6. The first-order valence-corrected chi connectivity index (χ1v) is 11.9. The molecule has 1 N–H and O–H groups in total. The highest BCUT2D eigenvalue weighted by atomic mass is 35.5. The molecule has 2 aromatic carbocycles. The molecule has 2 aromatic heterocycles. The Balaban J connectivity index is 1.61. The Morgan fingerprint density at radius 2 is 1.85 bits per heavy atom. The molecule has 34 heavy (non-hydrogen) atoms. The minimum absolute atomic E-state index is 0.255. The van der Waals surface area contributed by atoms with Gasteiger partial charge in [0.15, 0.2) is 5.11 Å². The Labute approximate surface area is 217 Å². The predicted octanol–water partition coefficient (Wildman–Crippen LogP) is 7.49. The van der Waals surface area contributed by atoms with Crippen molar-refractivity contribution in [2.45, 2.75) is 12.1 Å². The number of benzene rings is 2. The molecule has 0 unspecified atom stereocenters. The number of nitrogens with one attached hydrogen (secondary N) is 1. The minimum Gasteiger partial charge on any atom is -0.495 e. The maximum absolute atomic E-state index is 6.44. The van der Waals surface area contributed by atoms with Gasteiger partial charge in [-0.15, -0.1) is 0 Å². The first-order valence-electron chi connectivity index (χ1n) is 10.4. The predicted molar refractivity (Wildman–Crippen MR) is 140 cm³/mol. The third kappa shape index (κ3) is 4.23. The fourth-order valence-electron chi connectivity index (χ4n) is 4.07. The average molecular weight is 531 g/mol. The van der Waals surface area contributed by atoms with Crippen molar-refractivity contribution < 1.29 is 9.15 Å². The maximum Gasteiger partial charge on any atom is 0.174 e. The number of thiocarbonyl (C=S) groups is 1. The van der Waals surface area contributed by atoms with Gasteiger partial charge in [0, 0.05) is 22.5 Å². The summed E-state index contributed by atoms with van der Waals surface area (Å²) >= 11 is 24.7. The van der Waals surface area contributed by atoms with Crippen molar-refractivity contribution >= 4 is 57.8 Å². The highest BCUT2D eigenvalue weighted by Crippen LogP contribution is 2.44. The Morgan fingerprint density at radius 1 is 1.00 bits per heavy atom. The van der Waals surface area contributed by atoms with E-state index in [0.717, 1.165) is 16.9 Å². The lowest BCUT2D eigenvalue weighted by Crippen LogP contribution is -2.29. The van der Waals surface area contributed by atoms with Crippen LogP contribution in [0.25, 0.3) is 11.3 Å². The number of hydrogen-bond acceptors (Lipinski definition) is 4. The van der Waals surface area contributed by atoms with Crippen LogP contribution in [0.4, 0.5) is 5.69 Å². The summed E-state index contributed by atoms with van der Waals surface area (Å²) in [6.07, 6.45) is 1.76. The number of pyridine rings is 1. The van der Waals surface area contributed by atoms with Crippen molar-refractivity contribution in [3.63, 3.8) is 0 Å². The molecule has 0 bridgehead atoms. The zero-order valence-corrected chi connectivity index (χ0v) is 20.9. The molecule has 4 aromatic rings. The topological polar surface area (TPSA) is 50.5 Å². The summed E-state index contributed by atoms with van der Waals surface area (Å²) in [5, 5.41) is 5.48. The summed E-state index contributed by atoms with van der Waals surface area (Å²) in [6, 6.07) is 19.9. The van der Waals surface area contributed by atoms with E-state index in [1.807, 2.05) is 59.5 Å².